The zero-order valence-corrected chi connectivity index (χ0v) is 10.2. The first-order valence-electron chi connectivity index (χ1n) is 5.71. The summed E-state index contributed by atoms with van der Waals surface area (Å²) in [6.07, 6.45) is 3.32. The summed E-state index contributed by atoms with van der Waals surface area (Å²) in [5.74, 6) is 0.458. The van der Waals surface area contributed by atoms with Gasteiger partial charge in [0.15, 0.2) is 0 Å². The third kappa shape index (κ3) is 2.70. The van der Waals surface area contributed by atoms with Gasteiger partial charge < -0.3 is 10.6 Å². The molecule has 2 N–H and O–H groups in total. The summed E-state index contributed by atoms with van der Waals surface area (Å²) in [7, 11) is 1.98. The van der Waals surface area contributed by atoms with Gasteiger partial charge in [-0.15, -0.1) is 0 Å². The fraction of sp³-hybridized carbons (Fsp3) is 0.583. The summed E-state index contributed by atoms with van der Waals surface area (Å²) in [6.45, 7) is 4.58. The highest BCUT2D eigenvalue weighted by Crippen LogP contribution is 2.21. The fourth-order valence-electron chi connectivity index (χ4n) is 1.95. The summed E-state index contributed by atoms with van der Waals surface area (Å²) in [5, 5.41) is 0. The van der Waals surface area contributed by atoms with E-state index in [1.54, 1.807) is 0 Å². The van der Waals surface area contributed by atoms with Crippen molar-refractivity contribution in [1.29, 1.82) is 0 Å². The lowest BCUT2D eigenvalue weighted by atomic mass is 10.1. The Morgan fingerprint density at radius 1 is 1.44 bits per heavy atom. The quantitative estimate of drug-likeness (QED) is 0.836. The second kappa shape index (κ2) is 5.80. The monoisotopic (exact) mass is 225 g/mol. The number of pyridine rings is 1. The number of rotatable bonds is 5. The Hall–Kier alpha value is -1.16. The van der Waals surface area contributed by atoms with E-state index in [9.17, 15) is 4.39 Å². The average Bonchev–Trinajstić information content (AvgIpc) is 2.30. The van der Waals surface area contributed by atoms with Crippen molar-refractivity contribution < 1.29 is 4.39 Å². The number of hydrogen-bond acceptors (Lipinski definition) is 3. The molecule has 0 saturated heterocycles. The number of hydrogen-bond donors (Lipinski definition) is 1. The summed E-state index contributed by atoms with van der Waals surface area (Å²) in [5.41, 5.74) is 6.37. The van der Waals surface area contributed by atoms with E-state index in [2.05, 4.69) is 23.7 Å². The number of aromatic nitrogens is 1. The predicted octanol–water partition coefficient (Wildman–Crippen LogP) is 2.30. The lowest BCUT2D eigenvalue weighted by Crippen LogP contribution is -2.32. The van der Waals surface area contributed by atoms with E-state index in [-0.39, 0.29) is 5.82 Å². The standard InChI is InChI=1S/C12H20FN3/c1-4-11(5-2)16(3)12-9(7-14)6-10(13)8-15-12/h6,8,11H,4-5,7,14H2,1-3H3. The smallest absolute Gasteiger partial charge is 0.141 e. The Kier molecular flexibility index (Phi) is 4.68. The molecular formula is C12H20FN3. The van der Waals surface area contributed by atoms with Crippen LogP contribution < -0.4 is 10.6 Å². The molecule has 0 aliphatic carbocycles. The van der Waals surface area contributed by atoms with E-state index < -0.39 is 0 Å². The largest absolute Gasteiger partial charge is 0.356 e. The second-order valence-electron chi connectivity index (χ2n) is 3.92. The van der Waals surface area contributed by atoms with Crippen molar-refractivity contribution in [3.63, 3.8) is 0 Å². The van der Waals surface area contributed by atoms with Gasteiger partial charge in [0.1, 0.15) is 11.6 Å². The van der Waals surface area contributed by atoms with E-state index in [4.69, 9.17) is 5.73 Å². The van der Waals surface area contributed by atoms with Crippen molar-refractivity contribution >= 4 is 5.82 Å². The van der Waals surface area contributed by atoms with E-state index in [0.29, 0.717) is 12.6 Å². The lowest BCUT2D eigenvalue weighted by Gasteiger charge is -2.28. The van der Waals surface area contributed by atoms with Crippen molar-refractivity contribution in [3.05, 3.63) is 23.6 Å². The molecule has 0 unspecified atom stereocenters. The summed E-state index contributed by atoms with van der Waals surface area (Å²) < 4.78 is 13.0. The van der Waals surface area contributed by atoms with Gasteiger partial charge in [0, 0.05) is 25.2 Å². The Bertz CT molecular complexity index is 337. The van der Waals surface area contributed by atoms with Gasteiger partial charge in [-0.3, -0.25) is 0 Å². The van der Waals surface area contributed by atoms with Crippen LogP contribution in [-0.4, -0.2) is 18.1 Å². The zero-order valence-electron chi connectivity index (χ0n) is 10.2. The molecule has 0 atom stereocenters. The Morgan fingerprint density at radius 2 is 2.06 bits per heavy atom. The first kappa shape index (κ1) is 12.9. The molecular weight excluding hydrogens is 205 g/mol. The first-order valence-corrected chi connectivity index (χ1v) is 5.71. The predicted molar refractivity (Wildman–Crippen MR) is 64.9 cm³/mol. The van der Waals surface area contributed by atoms with Gasteiger partial charge in [0.25, 0.3) is 0 Å². The fourth-order valence-corrected chi connectivity index (χ4v) is 1.95. The molecule has 1 aromatic rings. The average molecular weight is 225 g/mol. The lowest BCUT2D eigenvalue weighted by molar-refractivity contribution is 0.579. The summed E-state index contributed by atoms with van der Waals surface area (Å²) in [4.78, 5) is 6.22. The van der Waals surface area contributed by atoms with Crippen LogP contribution in [0.1, 0.15) is 32.3 Å². The topological polar surface area (TPSA) is 42.2 Å². The van der Waals surface area contributed by atoms with Crippen LogP contribution in [0.5, 0.6) is 0 Å². The molecule has 90 valence electrons. The number of halogens is 1. The van der Waals surface area contributed by atoms with Crippen molar-refractivity contribution in [2.75, 3.05) is 11.9 Å². The minimum atomic E-state index is -0.331. The third-order valence-corrected chi connectivity index (χ3v) is 2.95. The Morgan fingerprint density at radius 3 is 2.56 bits per heavy atom. The van der Waals surface area contributed by atoms with Gasteiger partial charge in [0.05, 0.1) is 6.20 Å². The minimum Gasteiger partial charge on any atom is -0.356 e. The third-order valence-electron chi connectivity index (χ3n) is 2.95. The number of anilines is 1. The van der Waals surface area contributed by atoms with Crippen LogP contribution in [-0.2, 0) is 6.54 Å². The summed E-state index contributed by atoms with van der Waals surface area (Å²) >= 11 is 0. The van der Waals surface area contributed by atoms with Crippen LogP contribution >= 0.6 is 0 Å². The van der Waals surface area contributed by atoms with Gasteiger partial charge in [-0.2, -0.15) is 0 Å². The molecule has 1 heterocycles. The molecule has 0 fully saturated rings. The molecule has 0 aliphatic heterocycles. The Labute approximate surface area is 96.5 Å². The van der Waals surface area contributed by atoms with Gasteiger partial charge in [-0.1, -0.05) is 13.8 Å². The minimum absolute atomic E-state index is 0.310. The van der Waals surface area contributed by atoms with Crippen LogP contribution in [0.3, 0.4) is 0 Å². The van der Waals surface area contributed by atoms with Crippen LogP contribution in [0.25, 0.3) is 0 Å². The molecule has 1 aromatic heterocycles. The van der Waals surface area contributed by atoms with Crippen molar-refractivity contribution in [3.8, 4) is 0 Å². The molecule has 4 heteroatoms. The number of nitrogens with zero attached hydrogens (tertiary/aromatic N) is 2. The number of nitrogens with two attached hydrogens (primary N) is 1. The molecule has 0 aliphatic rings. The maximum Gasteiger partial charge on any atom is 0.141 e. The zero-order chi connectivity index (χ0) is 12.1. The van der Waals surface area contributed by atoms with Crippen LogP contribution in [0, 0.1) is 5.82 Å². The highest BCUT2D eigenvalue weighted by Gasteiger charge is 2.15. The van der Waals surface area contributed by atoms with Gasteiger partial charge in [-0.25, -0.2) is 9.37 Å². The molecule has 0 saturated carbocycles. The van der Waals surface area contributed by atoms with Crippen molar-refractivity contribution in [2.24, 2.45) is 5.73 Å². The van der Waals surface area contributed by atoms with Gasteiger partial charge in [0.2, 0.25) is 0 Å². The SMILES string of the molecule is CCC(CC)N(C)c1ncc(F)cc1CN. The highest BCUT2D eigenvalue weighted by atomic mass is 19.1. The van der Waals surface area contributed by atoms with E-state index in [1.165, 1.54) is 12.3 Å². The maximum absolute atomic E-state index is 13.0. The maximum atomic E-state index is 13.0. The molecule has 16 heavy (non-hydrogen) atoms. The van der Waals surface area contributed by atoms with Crippen LogP contribution in [0.2, 0.25) is 0 Å². The molecule has 0 radical (unpaired) electrons. The molecule has 1 rings (SSSR count). The van der Waals surface area contributed by atoms with E-state index >= 15 is 0 Å². The molecule has 3 nitrogen and oxygen atoms in total. The normalized spacial score (nSPS) is 10.9. The van der Waals surface area contributed by atoms with Gasteiger partial charge in [-0.05, 0) is 18.9 Å². The molecule has 0 spiro atoms. The summed E-state index contributed by atoms with van der Waals surface area (Å²) in [6, 6.07) is 1.88. The molecule has 0 aromatic carbocycles. The van der Waals surface area contributed by atoms with E-state index in [0.717, 1.165) is 24.2 Å². The highest BCUT2D eigenvalue weighted by molar-refractivity contribution is 5.47. The van der Waals surface area contributed by atoms with Crippen LogP contribution in [0.15, 0.2) is 12.3 Å². The van der Waals surface area contributed by atoms with Crippen molar-refractivity contribution in [2.45, 2.75) is 39.3 Å². The Balaban J connectivity index is 3.02. The molecule has 0 amide bonds. The second-order valence-corrected chi connectivity index (χ2v) is 3.92. The van der Waals surface area contributed by atoms with Crippen molar-refractivity contribution in [1.82, 2.24) is 4.98 Å². The molecule has 0 bridgehead atoms. The van der Waals surface area contributed by atoms with Crippen LogP contribution in [0.4, 0.5) is 10.2 Å². The first-order chi connectivity index (χ1) is 7.63. The van der Waals surface area contributed by atoms with Gasteiger partial charge >= 0.3 is 0 Å². The van der Waals surface area contributed by atoms with E-state index in [1.807, 2.05) is 7.05 Å².